The van der Waals surface area contributed by atoms with Crippen molar-refractivity contribution in [1.29, 1.82) is 0 Å². The maximum absolute atomic E-state index is 11.2. The van der Waals surface area contributed by atoms with Crippen molar-refractivity contribution < 1.29 is 4.79 Å². The van der Waals surface area contributed by atoms with Gasteiger partial charge in [-0.3, -0.25) is 9.89 Å². The number of nitrogens with zero attached hydrogens (tertiary/aromatic N) is 1. The third-order valence-corrected chi connectivity index (χ3v) is 2.28. The molecule has 0 aliphatic heterocycles. The van der Waals surface area contributed by atoms with E-state index in [9.17, 15) is 4.79 Å². The summed E-state index contributed by atoms with van der Waals surface area (Å²) in [6.45, 7) is 2.13. The molecule has 1 atom stereocenters. The highest BCUT2D eigenvalue weighted by molar-refractivity contribution is 5.96. The first-order valence-electron chi connectivity index (χ1n) is 3.85. The largest absolute Gasteiger partial charge is 0.292 e. The molecule has 0 amide bonds. The highest BCUT2D eigenvalue weighted by Crippen LogP contribution is 2.28. The zero-order chi connectivity index (χ0) is 7.84. The van der Waals surface area contributed by atoms with Crippen molar-refractivity contribution in [2.45, 2.75) is 25.7 Å². The number of ketones is 1. The van der Waals surface area contributed by atoms with Gasteiger partial charge in [0.1, 0.15) is 5.69 Å². The minimum absolute atomic E-state index is 0.204. The van der Waals surface area contributed by atoms with E-state index in [-0.39, 0.29) is 5.78 Å². The number of aromatic amines is 1. The van der Waals surface area contributed by atoms with Crippen LogP contribution in [0.15, 0.2) is 6.20 Å². The molecule has 0 bridgehead atoms. The van der Waals surface area contributed by atoms with Crippen LogP contribution >= 0.6 is 0 Å². The lowest BCUT2D eigenvalue weighted by Crippen LogP contribution is -2.12. The molecule has 0 radical (unpaired) electrons. The molecule has 3 heteroatoms. The van der Waals surface area contributed by atoms with Crippen LogP contribution < -0.4 is 0 Å². The summed E-state index contributed by atoms with van der Waals surface area (Å²) < 4.78 is 0. The molecule has 1 heterocycles. The van der Waals surface area contributed by atoms with Crippen molar-refractivity contribution in [3.63, 3.8) is 0 Å². The first-order chi connectivity index (χ1) is 5.29. The molecule has 0 spiro atoms. The third-order valence-electron chi connectivity index (χ3n) is 2.28. The van der Waals surface area contributed by atoms with E-state index >= 15 is 0 Å². The number of hydrogen-bond acceptors (Lipinski definition) is 2. The number of Topliss-reactive ketones (excluding diaryl/α,β-unsaturated/α-hetero) is 1. The van der Waals surface area contributed by atoms with Crippen molar-refractivity contribution >= 4 is 5.78 Å². The Morgan fingerprint density at radius 1 is 1.73 bits per heavy atom. The topological polar surface area (TPSA) is 45.8 Å². The Kier molecular flexibility index (Phi) is 1.31. The van der Waals surface area contributed by atoms with Crippen molar-refractivity contribution in [2.75, 3.05) is 0 Å². The highest BCUT2D eigenvalue weighted by atomic mass is 16.1. The average molecular weight is 150 g/mol. The summed E-state index contributed by atoms with van der Waals surface area (Å²) in [6.07, 6.45) is 3.39. The number of hydrogen-bond donors (Lipinski definition) is 1. The second-order valence-electron chi connectivity index (χ2n) is 3.06. The fourth-order valence-electron chi connectivity index (χ4n) is 1.52. The summed E-state index contributed by atoms with van der Waals surface area (Å²) in [5, 5.41) is 6.60. The molecule has 0 saturated heterocycles. The summed E-state index contributed by atoms with van der Waals surface area (Å²) in [6, 6.07) is 0. The van der Waals surface area contributed by atoms with E-state index in [1.54, 1.807) is 6.20 Å². The molecule has 1 aliphatic rings. The minimum Gasteiger partial charge on any atom is -0.292 e. The van der Waals surface area contributed by atoms with Gasteiger partial charge in [-0.1, -0.05) is 6.92 Å². The van der Waals surface area contributed by atoms with Gasteiger partial charge >= 0.3 is 0 Å². The van der Waals surface area contributed by atoms with Gasteiger partial charge in [0.25, 0.3) is 0 Å². The van der Waals surface area contributed by atoms with Gasteiger partial charge < -0.3 is 0 Å². The van der Waals surface area contributed by atoms with Crippen LogP contribution in [0.4, 0.5) is 0 Å². The minimum atomic E-state index is 0.204. The third kappa shape index (κ3) is 0.878. The summed E-state index contributed by atoms with van der Waals surface area (Å²) in [4.78, 5) is 11.2. The molecular formula is C8H10N2O. The number of aromatic nitrogens is 2. The molecule has 0 aromatic carbocycles. The molecule has 2 rings (SSSR count). The molecular weight excluding hydrogens is 140 g/mol. The summed E-state index contributed by atoms with van der Waals surface area (Å²) in [5.74, 6) is 0.692. The van der Waals surface area contributed by atoms with E-state index in [2.05, 4.69) is 17.1 Å². The number of carbonyl (C=O) groups excluding carboxylic acids is 1. The first-order valence-corrected chi connectivity index (χ1v) is 3.85. The fourth-order valence-corrected chi connectivity index (χ4v) is 1.52. The van der Waals surface area contributed by atoms with Crippen LogP contribution in [0.2, 0.25) is 0 Å². The van der Waals surface area contributed by atoms with Crippen molar-refractivity contribution in [1.82, 2.24) is 10.2 Å². The molecule has 1 aromatic rings. The van der Waals surface area contributed by atoms with Gasteiger partial charge in [0.15, 0.2) is 5.78 Å². The van der Waals surface area contributed by atoms with E-state index in [4.69, 9.17) is 0 Å². The maximum Gasteiger partial charge on any atom is 0.180 e. The first kappa shape index (κ1) is 6.58. The van der Waals surface area contributed by atoms with Crippen LogP contribution in [0.3, 0.4) is 0 Å². The van der Waals surface area contributed by atoms with E-state index in [1.807, 2.05) is 0 Å². The van der Waals surface area contributed by atoms with E-state index in [0.29, 0.717) is 12.3 Å². The predicted octanol–water partition coefficient (Wildman–Crippen LogP) is 1.49. The Morgan fingerprint density at radius 2 is 2.55 bits per heavy atom. The Balaban J connectivity index is 2.51. The van der Waals surface area contributed by atoms with Gasteiger partial charge in [-0.2, -0.15) is 5.10 Å². The van der Waals surface area contributed by atoms with Gasteiger partial charge in [0, 0.05) is 12.0 Å². The highest BCUT2D eigenvalue weighted by Gasteiger charge is 2.23. The molecule has 0 unspecified atom stereocenters. The summed E-state index contributed by atoms with van der Waals surface area (Å²) in [7, 11) is 0. The molecule has 3 nitrogen and oxygen atoms in total. The molecule has 0 saturated carbocycles. The molecule has 58 valence electrons. The lowest BCUT2D eigenvalue weighted by molar-refractivity contribution is 0.0963. The number of carbonyl (C=O) groups is 1. The predicted molar refractivity (Wildman–Crippen MR) is 40.6 cm³/mol. The quantitative estimate of drug-likeness (QED) is 0.609. The zero-order valence-electron chi connectivity index (χ0n) is 6.42. The van der Waals surface area contributed by atoms with Crippen molar-refractivity contribution in [3.05, 3.63) is 17.5 Å². The van der Waals surface area contributed by atoms with Crippen LogP contribution in [-0.4, -0.2) is 16.0 Å². The Bertz CT molecular complexity index is 290. The monoisotopic (exact) mass is 150 g/mol. The molecule has 1 N–H and O–H groups in total. The second kappa shape index (κ2) is 2.19. The Hall–Kier alpha value is -1.12. The number of nitrogens with one attached hydrogen (secondary N) is 1. The van der Waals surface area contributed by atoms with Crippen LogP contribution in [0.25, 0.3) is 0 Å². The smallest absolute Gasteiger partial charge is 0.180 e. The van der Waals surface area contributed by atoms with E-state index in [1.165, 1.54) is 0 Å². The lowest BCUT2D eigenvalue weighted by atomic mass is 9.88. The average Bonchev–Trinajstić information content (AvgIpc) is 2.45. The molecule has 1 aliphatic carbocycles. The normalized spacial score (nSPS) is 23.4. The van der Waals surface area contributed by atoms with Gasteiger partial charge in [-0.25, -0.2) is 0 Å². The SMILES string of the molecule is C[C@@H]1CCC(=O)c2[nH]ncc21. The Labute approximate surface area is 64.8 Å². The molecule has 1 aromatic heterocycles. The number of fused-ring (bicyclic) bond motifs is 1. The Morgan fingerprint density at radius 3 is 3.27 bits per heavy atom. The van der Waals surface area contributed by atoms with E-state index < -0.39 is 0 Å². The van der Waals surface area contributed by atoms with Crippen LogP contribution in [-0.2, 0) is 0 Å². The zero-order valence-corrected chi connectivity index (χ0v) is 6.42. The van der Waals surface area contributed by atoms with Crippen LogP contribution in [0, 0.1) is 0 Å². The van der Waals surface area contributed by atoms with Crippen molar-refractivity contribution in [3.8, 4) is 0 Å². The van der Waals surface area contributed by atoms with Crippen molar-refractivity contribution in [2.24, 2.45) is 0 Å². The standard InChI is InChI=1S/C8H10N2O/c1-5-2-3-7(11)8-6(5)4-9-10-8/h4-5H,2-3H2,1H3,(H,9,10)/t5-/m1/s1. The van der Waals surface area contributed by atoms with Gasteiger partial charge in [-0.05, 0) is 12.3 Å². The second-order valence-corrected chi connectivity index (χ2v) is 3.06. The van der Waals surface area contributed by atoms with Gasteiger partial charge in [-0.15, -0.1) is 0 Å². The maximum atomic E-state index is 11.2. The fraction of sp³-hybridized carbons (Fsp3) is 0.500. The molecule has 11 heavy (non-hydrogen) atoms. The summed E-state index contributed by atoms with van der Waals surface area (Å²) in [5.41, 5.74) is 1.81. The van der Waals surface area contributed by atoms with Crippen LogP contribution in [0.1, 0.15) is 41.7 Å². The van der Waals surface area contributed by atoms with Crippen LogP contribution in [0.5, 0.6) is 0 Å². The number of rotatable bonds is 0. The number of H-pyrrole nitrogens is 1. The van der Waals surface area contributed by atoms with E-state index in [0.717, 1.165) is 17.7 Å². The molecule has 0 fully saturated rings. The van der Waals surface area contributed by atoms with Gasteiger partial charge in [0.05, 0.1) is 6.20 Å². The van der Waals surface area contributed by atoms with Gasteiger partial charge in [0.2, 0.25) is 0 Å². The lowest BCUT2D eigenvalue weighted by Gasteiger charge is -2.15. The summed E-state index contributed by atoms with van der Waals surface area (Å²) >= 11 is 0.